The van der Waals surface area contributed by atoms with Gasteiger partial charge in [0.05, 0.1) is 24.1 Å². The first-order valence-electron chi connectivity index (χ1n) is 7.88. The van der Waals surface area contributed by atoms with E-state index in [-0.39, 0.29) is 11.8 Å². The van der Waals surface area contributed by atoms with Gasteiger partial charge in [-0.05, 0) is 26.7 Å². The smallest absolute Gasteiger partial charge is 0.227 e. The number of aromatic nitrogens is 3. The molecule has 3 rings (SSSR count). The summed E-state index contributed by atoms with van der Waals surface area (Å²) in [6.07, 6.45) is 9.11. The molecule has 1 aliphatic carbocycles. The molecule has 0 spiro atoms. The molecular weight excluding hydrogens is 280 g/mol. The number of hydrogen-bond acceptors (Lipinski definition) is 4. The van der Waals surface area contributed by atoms with Crippen molar-refractivity contribution in [1.29, 1.82) is 0 Å². The molecule has 0 aliphatic heterocycles. The molecule has 0 unspecified atom stereocenters. The molecule has 6 heteroatoms. The average Bonchev–Trinajstić information content (AvgIpc) is 3.10. The number of aryl methyl sites for hydroxylation is 2. The lowest BCUT2D eigenvalue weighted by molar-refractivity contribution is -0.120. The van der Waals surface area contributed by atoms with E-state index in [9.17, 15) is 4.79 Å². The Balaban J connectivity index is 1.62. The molecule has 0 bridgehead atoms. The van der Waals surface area contributed by atoms with Crippen molar-refractivity contribution in [1.82, 2.24) is 14.9 Å². The maximum Gasteiger partial charge on any atom is 0.227 e. The van der Waals surface area contributed by atoms with Gasteiger partial charge in [0.1, 0.15) is 5.76 Å². The van der Waals surface area contributed by atoms with E-state index in [1.165, 1.54) is 6.42 Å². The van der Waals surface area contributed by atoms with Gasteiger partial charge in [0.25, 0.3) is 0 Å². The zero-order valence-electron chi connectivity index (χ0n) is 13.1. The zero-order chi connectivity index (χ0) is 15.5. The summed E-state index contributed by atoms with van der Waals surface area (Å²) in [4.78, 5) is 12.2. The Labute approximate surface area is 129 Å². The van der Waals surface area contributed by atoms with E-state index in [1.807, 2.05) is 20.0 Å². The maximum absolute atomic E-state index is 12.2. The first-order valence-corrected chi connectivity index (χ1v) is 7.88. The molecule has 1 amide bonds. The number of anilines is 1. The molecular formula is C16H22N4O2. The lowest BCUT2D eigenvalue weighted by Gasteiger charge is -2.20. The van der Waals surface area contributed by atoms with Crippen molar-refractivity contribution in [2.75, 3.05) is 5.32 Å². The summed E-state index contributed by atoms with van der Waals surface area (Å²) >= 11 is 0. The van der Waals surface area contributed by atoms with Gasteiger partial charge in [0.15, 0.2) is 0 Å². The van der Waals surface area contributed by atoms with Gasteiger partial charge in [-0.15, -0.1) is 0 Å². The minimum Gasteiger partial charge on any atom is -0.361 e. The van der Waals surface area contributed by atoms with Gasteiger partial charge in [-0.2, -0.15) is 5.10 Å². The van der Waals surface area contributed by atoms with Crippen LogP contribution in [0.5, 0.6) is 0 Å². The lowest BCUT2D eigenvalue weighted by Crippen LogP contribution is -2.24. The highest BCUT2D eigenvalue weighted by molar-refractivity contribution is 5.92. The third-order valence-corrected chi connectivity index (χ3v) is 4.38. The highest BCUT2D eigenvalue weighted by Gasteiger charge is 2.21. The second-order valence-electron chi connectivity index (χ2n) is 6.05. The highest BCUT2D eigenvalue weighted by Crippen LogP contribution is 2.25. The van der Waals surface area contributed by atoms with Crippen molar-refractivity contribution in [3.8, 4) is 0 Å². The van der Waals surface area contributed by atoms with E-state index in [0.29, 0.717) is 6.54 Å². The fourth-order valence-corrected chi connectivity index (χ4v) is 3.01. The number of nitrogens with one attached hydrogen (secondary N) is 1. The lowest BCUT2D eigenvalue weighted by atomic mass is 9.89. The molecule has 0 atom stereocenters. The number of hydrogen-bond donors (Lipinski definition) is 1. The number of nitrogens with zero attached hydrogens (tertiary/aromatic N) is 3. The third kappa shape index (κ3) is 3.21. The highest BCUT2D eigenvalue weighted by atomic mass is 16.5. The van der Waals surface area contributed by atoms with Gasteiger partial charge in [0, 0.05) is 17.7 Å². The Morgan fingerprint density at radius 1 is 1.36 bits per heavy atom. The number of rotatable bonds is 4. The fraction of sp³-hybridized carbons (Fsp3) is 0.562. The molecule has 1 aliphatic rings. The Morgan fingerprint density at radius 2 is 2.14 bits per heavy atom. The van der Waals surface area contributed by atoms with Gasteiger partial charge in [-0.3, -0.25) is 9.48 Å². The minimum atomic E-state index is 0.122. The maximum atomic E-state index is 12.2. The minimum absolute atomic E-state index is 0.122. The van der Waals surface area contributed by atoms with Crippen LogP contribution >= 0.6 is 0 Å². The van der Waals surface area contributed by atoms with Crippen LogP contribution in [0.15, 0.2) is 16.9 Å². The van der Waals surface area contributed by atoms with Crippen molar-refractivity contribution in [3.05, 3.63) is 29.4 Å². The predicted octanol–water partition coefficient (Wildman–Crippen LogP) is 3.06. The van der Waals surface area contributed by atoms with Gasteiger partial charge in [0.2, 0.25) is 5.91 Å². The second-order valence-corrected chi connectivity index (χ2v) is 6.05. The van der Waals surface area contributed by atoms with Crippen LogP contribution in [0.3, 0.4) is 0 Å². The van der Waals surface area contributed by atoms with Gasteiger partial charge in [-0.1, -0.05) is 24.4 Å². The molecule has 2 aromatic rings. The van der Waals surface area contributed by atoms with E-state index < -0.39 is 0 Å². The fourth-order valence-electron chi connectivity index (χ4n) is 3.01. The molecule has 2 aromatic heterocycles. The SMILES string of the molecule is Cc1noc(C)c1Cn1cc(NC(=O)C2CCCCC2)cn1. The summed E-state index contributed by atoms with van der Waals surface area (Å²) in [5, 5.41) is 11.2. The van der Waals surface area contributed by atoms with Crippen molar-refractivity contribution < 1.29 is 9.32 Å². The topological polar surface area (TPSA) is 73.0 Å². The second kappa shape index (κ2) is 6.34. The van der Waals surface area contributed by atoms with Gasteiger partial charge in [-0.25, -0.2) is 0 Å². The molecule has 6 nitrogen and oxygen atoms in total. The molecule has 0 aromatic carbocycles. The van der Waals surface area contributed by atoms with E-state index in [4.69, 9.17) is 4.52 Å². The first kappa shape index (κ1) is 14.8. The zero-order valence-corrected chi connectivity index (χ0v) is 13.1. The number of carbonyl (C=O) groups is 1. The Morgan fingerprint density at radius 3 is 2.82 bits per heavy atom. The summed E-state index contributed by atoms with van der Waals surface area (Å²) in [6.45, 7) is 4.41. The normalized spacial score (nSPS) is 15.9. The monoisotopic (exact) mass is 302 g/mol. The molecule has 2 heterocycles. The van der Waals surface area contributed by atoms with E-state index >= 15 is 0 Å². The third-order valence-electron chi connectivity index (χ3n) is 4.38. The molecule has 1 N–H and O–H groups in total. The van der Waals surface area contributed by atoms with Crippen LogP contribution in [0.2, 0.25) is 0 Å². The van der Waals surface area contributed by atoms with E-state index in [1.54, 1.807) is 10.9 Å². The summed E-state index contributed by atoms with van der Waals surface area (Å²) in [5.41, 5.74) is 2.66. The number of carbonyl (C=O) groups excluding carboxylic acids is 1. The molecule has 118 valence electrons. The van der Waals surface area contributed by atoms with Crippen LogP contribution < -0.4 is 5.32 Å². The van der Waals surface area contributed by atoms with Crippen LogP contribution in [0.25, 0.3) is 0 Å². The van der Waals surface area contributed by atoms with Crippen LogP contribution in [0, 0.1) is 19.8 Å². The number of amides is 1. The molecule has 1 saturated carbocycles. The van der Waals surface area contributed by atoms with Gasteiger partial charge >= 0.3 is 0 Å². The van der Waals surface area contributed by atoms with Gasteiger partial charge < -0.3 is 9.84 Å². The van der Waals surface area contributed by atoms with Crippen molar-refractivity contribution in [2.45, 2.75) is 52.5 Å². The first-order chi connectivity index (χ1) is 10.6. The summed E-state index contributed by atoms with van der Waals surface area (Å²) in [5.74, 6) is 1.08. The van der Waals surface area contributed by atoms with Crippen LogP contribution in [-0.4, -0.2) is 20.8 Å². The Hall–Kier alpha value is -2.11. The van der Waals surface area contributed by atoms with Crippen molar-refractivity contribution >= 4 is 11.6 Å². The average molecular weight is 302 g/mol. The largest absolute Gasteiger partial charge is 0.361 e. The quantitative estimate of drug-likeness (QED) is 0.942. The van der Waals surface area contributed by atoms with E-state index in [0.717, 1.165) is 48.4 Å². The van der Waals surface area contributed by atoms with Crippen LogP contribution in [0.4, 0.5) is 5.69 Å². The summed E-state index contributed by atoms with van der Waals surface area (Å²) in [6, 6.07) is 0. The molecule has 22 heavy (non-hydrogen) atoms. The van der Waals surface area contributed by atoms with Crippen LogP contribution in [-0.2, 0) is 11.3 Å². The molecule has 1 fully saturated rings. The Bertz CT molecular complexity index is 633. The standard InChI is InChI=1S/C16H22N4O2/c1-11-15(12(2)22-19-11)10-20-9-14(8-17-20)18-16(21)13-6-4-3-5-7-13/h8-9,13H,3-7,10H2,1-2H3,(H,18,21). The van der Waals surface area contributed by atoms with Crippen molar-refractivity contribution in [2.24, 2.45) is 5.92 Å². The summed E-state index contributed by atoms with van der Waals surface area (Å²) in [7, 11) is 0. The van der Waals surface area contributed by atoms with E-state index in [2.05, 4.69) is 15.6 Å². The Kier molecular flexibility index (Phi) is 4.27. The van der Waals surface area contributed by atoms with Crippen molar-refractivity contribution in [3.63, 3.8) is 0 Å². The van der Waals surface area contributed by atoms with Crippen LogP contribution in [0.1, 0.15) is 49.1 Å². The molecule has 0 saturated heterocycles. The predicted molar refractivity (Wildman–Crippen MR) is 82.5 cm³/mol. The molecule has 0 radical (unpaired) electrons. The summed E-state index contributed by atoms with van der Waals surface area (Å²) < 4.78 is 6.95.